The number of rotatable bonds is 6. The van der Waals surface area contributed by atoms with Crippen LogP contribution >= 0.6 is 0 Å². The maximum absolute atomic E-state index is 13.5. The molecule has 4 N–H and O–H groups in total. The maximum Gasteiger partial charge on any atom is 0.387 e. The highest BCUT2D eigenvalue weighted by molar-refractivity contribution is 6.51. The van der Waals surface area contributed by atoms with Gasteiger partial charge in [0, 0.05) is 36.5 Å². The SMILES string of the molecule is NC(=O)C(N)=C1CCN(c2ccc(N3CCCCC3=O)cc2)C(=O)C1=Nc1ccccc1OC(F)F. The zero-order chi connectivity index (χ0) is 25.8. The molecule has 3 amide bonds. The summed E-state index contributed by atoms with van der Waals surface area (Å²) >= 11 is 0. The van der Waals surface area contributed by atoms with Crippen LogP contribution in [0.1, 0.15) is 25.7 Å². The average Bonchev–Trinajstić information content (AvgIpc) is 2.86. The van der Waals surface area contributed by atoms with Gasteiger partial charge < -0.3 is 26.0 Å². The summed E-state index contributed by atoms with van der Waals surface area (Å²) in [4.78, 5) is 45.0. The molecule has 0 spiro atoms. The number of halogens is 2. The Balaban J connectivity index is 1.70. The standard InChI is InChI=1S/C25H25F2N5O4/c26-25(27)36-19-6-2-1-5-18(19)30-22-17(21(28)23(29)34)12-14-32(24(22)35)16-10-8-15(9-11-16)31-13-4-3-7-20(31)33/h1-2,5-6,8-11,25H,3-4,7,12-14,28H2,(H2,29,34). The number of ether oxygens (including phenoxy) is 1. The number of amides is 3. The van der Waals surface area contributed by atoms with Gasteiger partial charge in [0.05, 0.1) is 0 Å². The third-order valence-corrected chi connectivity index (χ3v) is 6.02. The number of nitrogens with zero attached hydrogens (tertiary/aromatic N) is 3. The van der Waals surface area contributed by atoms with E-state index in [1.165, 1.54) is 23.1 Å². The van der Waals surface area contributed by atoms with Gasteiger partial charge in [0.25, 0.3) is 11.8 Å². The summed E-state index contributed by atoms with van der Waals surface area (Å²) in [6, 6.07) is 12.7. The lowest BCUT2D eigenvalue weighted by Crippen LogP contribution is -2.44. The van der Waals surface area contributed by atoms with Crippen LogP contribution in [0.25, 0.3) is 0 Å². The number of nitrogens with two attached hydrogens (primary N) is 2. The fourth-order valence-electron chi connectivity index (χ4n) is 4.23. The van der Waals surface area contributed by atoms with Crippen LogP contribution < -0.4 is 26.0 Å². The minimum Gasteiger partial charge on any atom is -0.433 e. The van der Waals surface area contributed by atoms with E-state index in [-0.39, 0.29) is 47.3 Å². The molecule has 11 heteroatoms. The van der Waals surface area contributed by atoms with Crippen molar-refractivity contribution in [3.05, 3.63) is 59.8 Å². The van der Waals surface area contributed by atoms with Gasteiger partial charge in [0.2, 0.25) is 5.91 Å². The van der Waals surface area contributed by atoms with Crippen LogP contribution in [0.15, 0.2) is 64.8 Å². The zero-order valence-corrected chi connectivity index (χ0v) is 19.3. The lowest BCUT2D eigenvalue weighted by atomic mass is 9.97. The fourth-order valence-corrected chi connectivity index (χ4v) is 4.23. The van der Waals surface area contributed by atoms with Crippen LogP contribution in [0.4, 0.5) is 25.8 Å². The Bertz CT molecular complexity index is 1240. The molecule has 2 fully saturated rings. The molecule has 188 valence electrons. The largest absolute Gasteiger partial charge is 0.433 e. The van der Waals surface area contributed by atoms with Crippen molar-refractivity contribution in [3.63, 3.8) is 0 Å². The van der Waals surface area contributed by atoms with Gasteiger partial charge in [-0.3, -0.25) is 14.4 Å². The predicted molar refractivity (Wildman–Crippen MR) is 130 cm³/mol. The van der Waals surface area contributed by atoms with Crippen LogP contribution in [0.3, 0.4) is 0 Å². The van der Waals surface area contributed by atoms with E-state index in [0.717, 1.165) is 18.5 Å². The quantitative estimate of drug-likeness (QED) is 0.593. The van der Waals surface area contributed by atoms with Gasteiger partial charge in [-0.05, 0) is 55.7 Å². The second kappa shape index (κ2) is 10.5. The number of aliphatic imine (C=N–C) groups is 1. The van der Waals surface area contributed by atoms with Crippen molar-refractivity contribution in [2.24, 2.45) is 16.5 Å². The highest BCUT2D eigenvalue weighted by Gasteiger charge is 2.33. The highest BCUT2D eigenvalue weighted by atomic mass is 19.3. The minimum atomic E-state index is -3.10. The van der Waals surface area contributed by atoms with Crippen molar-refractivity contribution in [2.75, 3.05) is 22.9 Å². The highest BCUT2D eigenvalue weighted by Crippen LogP contribution is 2.32. The Morgan fingerprint density at radius 3 is 2.22 bits per heavy atom. The van der Waals surface area contributed by atoms with Crippen LogP contribution in [0.5, 0.6) is 5.75 Å². The van der Waals surface area contributed by atoms with Gasteiger partial charge in [-0.1, -0.05) is 12.1 Å². The van der Waals surface area contributed by atoms with E-state index in [1.54, 1.807) is 35.2 Å². The molecule has 2 heterocycles. The number of alkyl halides is 2. The molecular formula is C25H25F2N5O4. The first-order valence-corrected chi connectivity index (χ1v) is 11.4. The number of hydrogen-bond donors (Lipinski definition) is 2. The molecule has 0 radical (unpaired) electrons. The Morgan fingerprint density at radius 1 is 0.917 bits per heavy atom. The molecule has 36 heavy (non-hydrogen) atoms. The van der Waals surface area contributed by atoms with Gasteiger partial charge in [-0.2, -0.15) is 8.78 Å². The Hall–Kier alpha value is -4.28. The number of hydrogen-bond acceptors (Lipinski definition) is 6. The summed E-state index contributed by atoms with van der Waals surface area (Å²) < 4.78 is 30.3. The summed E-state index contributed by atoms with van der Waals surface area (Å²) in [6.45, 7) is -2.28. The smallest absolute Gasteiger partial charge is 0.387 e. The maximum atomic E-state index is 13.5. The van der Waals surface area contributed by atoms with Crippen molar-refractivity contribution in [1.29, 1.82) is 0 Å². The zero-order valence-electron chi connectivity index (χ0n) is 19.3. The molecule has 0 aliphatic carbocycles. The third kappa shape index (κ3) is 5.19. The molecule has 0 bridgehead atoms. The second-order valence-corrected chi connectivity index (χ2v) is 8.29. The summed E-state index contributed by atoms with van der Waals surface area (Å²) in [5.74, 6) is -1.70. The minimum absolute atomic E-state index is 0.0308. The Morgan fingerprint density at radius 2 is 1.58 bits per heavy atom. The predicted octanol–water partition coefficient (Wildman–Crippen LogP) is 3.01. The number of carbonyl (C=O) groups is 3. The Labute approximate surface area is 206 Å². The first kappa shape index (κ1) is 24.8. The molecule has 2 aliphatic rings. The monoisotopic (exact) mass is 497 g/mol. The van der Waals surface area contributed by atoms with E-state index in [4.69, 9.17) is 11.5 Å². The molecule has 0 aromatic heterocycles. The Kier molecular flexibility index (Phi) is 7.28. The van der Waals surface area contributed by atoms with Gasteiger partial charge >= 0.3 is 6.61 Å². The topological polar surface area (TPSA) is 131 Å². The molecule has 9 nitrogen and oxygen atoms in total. The van der Waals surface area contributed by atoms with Crippen molar-refractivity contribution in [3.8, 4) is 5.75 Å². The lowest BCUT2D eigenvalue weighted by molar-refractivity contribution is -0.119. The van der Waals surface area contributed by atoms with Gasteiger partial charge in [0.1, 0.15) is 17.1 Å². The van der Waals surface area contributed by atoms with Crippen molar-refractivity contribution < 1.29 is 27.9 Å². The van der Waals surface area contributed by atoms with E-state index in [1.807, 2.05) is 0 Å². The molecule has 0 atom stereocenters. The summed E-state index contributed by atoms with van der Waals surface area (Å²) in [7, 11) is 0. The molecule has 2 saturated heterocycles. The number of benzene rings is 2. The number of para-hydroxylation sites is 2. The van der Waals surface area contributed by atoms with Crippen LogP contribution in [0, 0.1) is 0 Å². The fraction of sp³-hybridized carbons (Fsp3) is 0.280. The normalized spacial score (nSPS) is 19.1. The molecule has 4 rings (SSSR count). The van der Waals surface area contributed by atoms with E-state index < -0.39 is 18.4 Å². The summed E-state index contributed by atoms with van der Waals surface area (Å²) in [5, 5.41) is 0. The van der Waals surface area contributed by atoms with Crippen LogP contribution in [-0.4, -0.2) is 43.1 Å². The first-order valence-electron chi connectivity index (χ1n) is 11.4. The summed E-state index contributed by atoms with van der Waals surface area (Å²) in [5.41, 5.74) is 12.1. The summed E-state index contributed by atoms with van der Waals surface area (Å²) in [6.07, 6.45) is 2.45. The van der Waals surface area contributed by atoms with E-state index in [2.05, 4.69) is 9.73 Å². The lowest BCUT2D eigenvalue weighted by Gasteiger charge is -2.31. The van der Waals surface area contributed by atoms with E-state index >= 15 is 0 Å². The number of piperidine rings is 2. The number of carbonyl (C=O) groups excluding carboxylic acids is 3. The second-order valence-electron chi connectivity index (χ2n) is 8.29. The molecule has 0 unspecified atom stereocenters. The molecule has 0 saturated carbocycles. The molecule has 2 aromatic rings. The van der Waals surface area contributed by atoms with Gasteiger partial charge in [0.15, 0.2) is 5.75 Å². The van der Waals surface area contributed by atoms with Crippen molar-refractivity contribution >= 4 is 40.5 Å². The van der Waals surface area contributed by atoms with E-state index in [0.29, 0.717) is 18.7 Å². The molecule has 2 aliphatic heterocycles. The molecular weight excluding hydrogens is 472 g/mol. The van der Waals surface area contributed by atoms with Crippen LogP contribution in [0.2, 0.25) is 0 Å². The number of anilines is 2. The van der Waals surface area contributed by atoms with Crippen LogP contribution in [-0.2, 0) is 14.4 Å². The third-order valence-electron chi connectivity index (χ3n) is 6.02. The first-order chi connectivity index (χ1) is 17.3. The van der Waals surface area contributed by atoms with Crippen molar-refractivity contribution in [2.45, 2.75) is 32.3 Å². The van der Waals surface area contributed by atoms with Gasteiger partial charge in [-0.25, -0.2) is 4.99 Å². The molecule has 2 aromatic carbocycles. The van der Waals surface area contributed by atoms with Gasteiger partial charge in [-0.15, -0.1) is 0 Å². The van der Waals surface area contributed by atoms with Crippen molar-refractivity contribution in [1.82, 2.24) is 0 Å². The number of primary amides is 1. The van der Waals surface area contributed by atoms with E-state index in [9.17, 15) is 23.2 Å². The average molecular weight is 498 g/mol.